The van der Waals surface area contributed by atoms with Crippen LogP contribution in [0.15, 0.2) is 30.0 Å². The standard InChI is InChI=1S/C19H27N3O2/c23-14-16-8-11-22(12-9-16)19-17(7-4-10-20-19)21-18(24)13-15-5-2-1-3-6-15/h4-5,7,10,16,23H,1-3,6,8-9,11-14H2,(H,21,24). The third-order valence-electron chi connectivity index (χ3n) is 5.01. The maximum absolute atomic E-state index is 12.4. The first-order valence-electron chi connectivity index (χ1n) is 9.05. The monoisotopic (exact) mass is 329 g/mol. The molecule has 1 aromatic rings. The molecule has 2 aliphatic rings. The summed E-state index contributed by atoms with van der Waals surface area (Å²) >= 11 is 0. The van der Waals surface area contributed by atoms with Crippen LogP contribution in [0.4, 0.5) is 11.5 Å². The Kier molecular flexibility index (Phi) is 5.86. The first-order chi connectivity index (χ1) is 11.8. The van der Waals surface area contributed by atoms with Crippen molar-refractivity contribution in [1.29, 1.82) is 0 Å². The number of nitrogens with one attached hydrogen (secondary N) is 1. The summed E-state index contributed by atoms with van der Waals surface area (Å²) in [4.78, 5) is 19.1. The maximum Gasteiger partial charge on any atom is 0.228 e. The molecule has 1 aliphatic heterocycles. The molecule has 0 saturated carbocycles. The Balaban J connectivity index is 1.63. The van der Waals surface area contributed by atoms with Crippen molar-refractivity contribution in [1.82, 2.24) is 4.98 Å². The topological polar surface area (TPSA) is 65.5 Å². The van der Waals surface area contributed by atoms with Crippen LogP contribution in [-0.2, 0) is 4.79 Å². The molecule has 0 atom stereocenters. The summed E-state index contributed by atoms with van der Waals surface area (Å²) in [7, 11) is 0. The Morgan fingerprint density at radius 1 is 1.33 bits per heavy atom. The van der Waals surface area contributed by atoms with E-state index in [0.717, 1.165) is 50.3 Å². The normalized spacial score (nSPS) is 19.0. The molecule has 0 radical (unpaired) electrons. The molecule has 1 saturated heterocycles. The lowest BCUT2D eigenvalue weighted by molar-refractivity contribution is -0.115. The van der Waals surface area contributed by atoms with Gasteiger partial charge >= 0.3 is 0 Å². The van der Waals surface area contributed by atoms with E-state index in [4.69, 9.17) is 0 Å². The van der Waals surface area contributed by atoms with Crippen molar-refractivity contribution >= 4 is 17.4 Å². The van der Waals surface area contributed by atoms with Gasteiger partial charge in [0.05, 0.1) is 5.69 Å². The molecule has 1 amide bonds. The molecule has 0 unspecified atom stereocenters. The second-order valence-corrected chi connectivity index (χ2v) is 6.82. The minimum atomic E-state index is 0.0441. The fraction of sp³-hybridized carbons (Fsp3) is 0.579. The minimum Gasteiger partial charge on any atom is -0.396 e. The number of carbonyl (C=O) groups is 1. The van der Waals surface area contributed by atoms with E-state index in [-0.39, 0.29) is 12.5 Å². The van der Waals surface area contributed by atoms with E-state index in [1.165, 1.54) is 18.4 Å². The molecule has 1 aliphatic carbocycles. The molecule has 3 rings (SSSR count). The highest BCUT2D eigenvalue weighted by Gasteiger charge is 2.22. The maximum atomic E-state index is 12.4. The smallest absolute Gasteiger partial charge is 0.228 e. The Bertz CT molecular complexity index is 592. The molecule has 2 heterocycles. The highest BCUT2D eigenvalue weighted by Crippen LogP contribution is 2.28. The van der Waals surface area contributed by atoms with Gasteiger partial charge in [0.2, 0.25) is 5.91 Å². The lowest BCUT2D eigenvalue weighted by atomic mass is 9.97. The number of rotatable bonds is 5. The molecule has 24 heavy (non-hydrogen) atoms. The molecule has 1 fully saturated rings. The van der Waals surface area contributed by atoms with Crippen molar-refractivity contribution in [2.24, 2.45) is 5.92 Å². The van der Waals surface area contributed by atoms with Crippen molar-refractivity contribution in [2.75, 3.05) is 29.9 Å². The lowest BCUT2D eigenvalue weighted by Gasteiger charge is -2.33. The van der Waals surface area contributed by atoms with Gasteiger partial charge in [-0.1, -0.05) is 11.6 Å². The van der Waals surface area contributed by atoms with Gasteiger partial charge < -0.3 is 15.3 Å². The van der Waals surface area contributed by atoms with Gasteiger partial charge in [-0.3, -0.25) is 4.79 Å². The zero-order chi connectivity index (χ0) is 16.8. The van der Waals surface area contributed by atoms with E-state index in [1.54, 1.807) is 6.20 Å². The average Bonchev–Trinajstić information content (AvgIpc) is 2.63. The summed E-state index contributed by atoms with van der Waals surface area (Å²) in [5.74, 6) is 1.28. The van der Waals surface area contributed by atoms with E-state index >= 15 is 0 Å². The third kappa shape index (κ3) is 4.35. The minimum absolute atomic E-state index is 0.0441. The highest BCUT2D eigenvalue weighted by molar-refractivity contribution is 5.95. The zero-order valence-corrected chi connectivity index (χ0v) is 14.2. The van der Waals surface area contributed by atoms with Gasteiger partial charge in [-0.05, 0) is 56.6 Å². The van der Waals surface area contributed by atoms with Crippen LogP contribution < -0.4 is 10.2 Å². The van der Waals surface area contributed by atoms with Crippen LogP contribution in [0.2, 0.25) is 0 Å². The molecule has 130 valence electrons. The van der Waals surface area contributed by atoms with Gasteiger partial charge in [0.15, 0.2) is 5.82 Å². The molecule has 2 N–H and O–H groups in total. The summed E-state index contributed by atoms with van der Waals surface area (Å²) in [6, 6.07) is 3.78. The second-order valence-electron chi connectivity index (χ2n) is 6.82. The molecule has 5 heteroatoms. The summed E-state index contributed by atoms with van der Waals surface area (Å²) in [6.45, 7) is 2.00. The van der Waals surface area contributed by atoms with Crippen molar-refractivity contribution in [3.63, 3.8) is 0 Å². The number of anilines is 2. The first-order valence-corrected chi connectivity index (χ1v) is 9.05. The van der Waals surface area contributed by atoms with E-state index in [9.17, 15) is 9.90 Å². The van der Waals surface area contributed by atoms with E-state index in [2.05, 4.69) is 21.3 Å². The van der Waals surface area contributed by atoms with Crippen molar-refractivity contribution in [3.05, 3.63) is 30.0 Å². The number of aliphatic hydroxyl groups excluding tert-OH is 1. The predicted octanol–water partition coefficient (Wildman–Crippen LogP) is 3.12. The number of nitrogens with zero attached hydrogens (tertiary/aromatic N) is 2. The first kappa shape index (κ1) is 17.0. The number of allylic oxidation sites excluding steroid dienone is 1. The Labute approximate surface area is 143 Å². The van der Waals surface area contributed by atoms with Crippen LogP contribution in [0.3, 0.4) is 0 Å². The van der Waals surface area contributed by atoms with Crippen molar-refractivity contribution in [3.8, 4) is 0 Å². The number of amides is 1. The van der Waals surface area contributed by atoms with Crippen LogP contribution in [0.25, 0.3) is 0 Å². The van der Waals surface area contributed by atoms with Gasteiger partial charge in [0.25, 0.3) is 0 Å². The second kappa shape index (κ2) is 8.29. The summed E-state index contributed by atoms with van der Waals surface area (Å²) in [5, 5.41) is 12.3. The van der Waals surface area contributed by atoms with Crippen LogP contribution in [-0.4, -0.2) is 35.7 Å². The Hall–Kier alpha value is -1.88. The largest absolute Gasteiger partial charge is 0.396 e. The van der Waals surface area contributed by atoms with Gasteiger partial charge in [0.1, 0.15) is 0 Å². The van der Waals surface area contributed by atoms with Crippen molar-refractivity contribution in [2.45, 2.75) is 44.9 Å². The Morgan fingerprint density at radius 3 is 2.88 bits per heavy atom. The molecule has 0 spiro atoms. The summed E-state index contributed by atoms with van der Waals surface area (Å²) in [5.41, 5.74) is 2.05. The van der Waals surface area contributed by atoms with Crippen LogP contribution in [0, 0.1) is 5.92 Å². The van der Waals surface area contributed by atoms with Crippen LogP contribution >= 0.6 is 0 Å². The van der Waals surface area contributed by atoms with E-state index < -0.39 is 0 Å². The molecule has 0 bridgehead atoms. The number of carbonyl (C=O) groups excluding carboxylic acids is 1. The number of aromatic nitrogens is 1. The van der Waals surface area contributed by atoms with E-state index in [1.807, 2.05) is 12.1 Å². The summed E-state index contributed by atoms with van der Waals surface area (Å²) in [6.07, 6.45) is 11.0. The number of pyridine rings is 1. The van der Waals surface area contributed by atoms with Crippen molar-refractivity contribution < 1.29 is 9.90 Å². The number of aliphatic hydroxyl groups is 1. The number of hydrogen-bond acceptors (Lipinski definition) is 4. The molecule has 5 nitrogen and oxygen atoms in total. The predicted molar refractivity (Wildman–Crippen MR) is 96.1 cm³/mol. The van der Waals surface area contributed by atoms with Gasteiger partial charge in [-0.15, -0.1) is 0 Å². The summed E-state index contributed by atoms with van der Waals surface area (Å²) < 4.78 is 0. The fourth-order valence-corrected chi connectivity index (χ4v) is 3.54. The third-order valence-corrected chi connectivity index (χ3v) is 5.01. The fourth-order valence-electron chi connectivity index (χ4n) is 3.54. The molecule has 0 aromatic carbocycles. The number of hydrogen-bond donors (Lipinski definition) is 2. The number of piperidine rings is 1. The zero-order valence-electron chi connectivity index (χ0n) is 14.2. The molecule has 1 aromatic heterocycles. The lowest BCUT2D eigenvalue weighted by Crippen LogP contribution is -2.35. The average molecular weight is 329 g/mol. The van der Waals surface area contributed by atoms with Crippen LogP contribution in [0.5, 0.6) is 0 Å². The molecular weight excluding hydrogens is 302 g/mol. The quantitative estimate of drug-likeness (QED) is 0.815. The SMILES string of the molecule is O=C(CC1=CCCCC1)Nc1cccnc1N1CCC(CO)CC1. The van der Waals surface area contributed by atoms with E-state index in [0.29, 0.717) is 12.3 Å². The van der Waals surface area contributed by atoms with Gasteiger partial charge in [0, 0.05) is 32.3 Å². The Morgan fingerprint density at radius 2 is 2.17 bits per heavy atom. The van der Waals surface area contributed by atoms with Gasteiger partial charge in [-0.2, -0.15) is 0 Å². The van der Waals surface area contributed by atoms with Crippen LogP contribution in [0.1, 0.15) is 44.9 Å². The highest BCUT2D eigenvalue weighted by atomic mass is 16.3. The van der Waals surface area contributed by atoms with Gasteiger partial charge in [-0.25, -0.2) is 4.98 Å². The molecular formula is C19H27N3O2.